The van der Waals surface area contributed by atoms with Crippen LogP contribution in [0.25, 0.3) is 0 Å². The molecule has 5 N–H and O–H groups in total. The lowest BCUT2D eigenvalue weighted by Gasteiger charge is -2.24. The fraction of sp³-hybridized carbons (Fsp3) is 0.846. The van der Waals surface area contributed by atoms with Crippen molar-refractivity contribution in [2.45, 2.75) is 57.2 Å². The Morgan fingerprint density at radius 1 is 1.45 bits per heavy atom. The number of hydrogen-bond donors (Lipinski definition) is 5. The summed E-state index contributed by atoms with van der Waals surface area (Å²) in [6.45, 7) is 3.24. The third-order valence-electron chi connectivity index (χ3n) is 3.47. The lowest BCUT2D eigenvalue weighted by Crippen LogP contribution is -2.53. The van der Waals surface area contributed by atoms with Crippen LogP contribution in [0.5, 0.6) is 0 Å². The van der Waals surface area contributed by atoms with Crippen LogP contribution in [0, 0.1) is 0 Å². The molecule has 3 atom stereocenters. The van der Waals surface area contributed by atoms with E-state index in [1.807, 2.05) is 6.92 Å². The van der Waals surface area contributed by atoms with Gasteiger partial charge in [-0.25, -0.2) is 4.79 Å². The first-order valence-electron chi connectivity index (χ1n) is 7.23. The Morgan fingerprint density at radius 2 is 2.20 bits per heavy atom. The first-order valence-corrected chi connectivity index (χ1v) is 7.23. The number of carbonyl (C=O) groups excluding carboxylic acids is 1. The first kappa shape index (κ1) is 16.7. The fourth-order valence-corrected chi connectivity index (χ4v) is 2.31. The van der Waals surface area contributed by atoms with Gasteiger partial charge in [0.05, 0.1) is 12.1 Å². The Kier molecular flexibility index (Phi) is 7.32. The summed E-state index contributed by atoms with van der Waals surface area (Å²) in [7, 11) is 0. The standard InChI is InChI=1S/C13H25N3O4/c1-2-3-5-10(16-13(19)20)12(18)15-9-6-4-7-14-8-11(9)17/h9-11,14,16-17H,2-8H2,1H3,(H,15,18)(H,19,20)/t9?,10-,11?/m0/s1. The van der Waals surface area contributed by atoms with Crippen LogP contribution < -0.4 is 16.0 Å². The zero-order valence-corrected chi connectivity index (χ0v) is 11.9. The lowest BCUT2D eigenvalue weighted by atomic mass is 10.0. The molecule has 0 aliphatic carbocycles. The van der Waals surface area contributed by atoms with E-state index in [9.17, 15) is 14.7 Å². The highest BCUT2D eigenvalue weighted by atomic mass is 16.4. The van der Waals surface area contributed by atoms with Crippen LogP contribution >= 0.6 is 0 Å². The molecule has 7 nitrogen and oxygen atoms in total. The van der Waals surface area contributed by atoms with Crippen LogP contribution in [0.3, 0.4) is 0 Å². The maximum atomic E-state index is 12.1. The van der Waals surface area contributed by atoms with Gasteiger partial charge in [-0.15, -0.1) is 0 Å². The van der Waals surface area contributed by atoms with Crippen LogP contribution in [0.1, 0.15) is 39.0 Å². The molecule has 0 aromatic rings. The van der Waals surface area contributed by atoms with Crippen molar-refractivity contribution >= 4 is 12.0 Å². The smallest absolute Gasteiger partial charge is 0.405 e. The largest absolute Gasteiger partial charge is 0.465 e. The summed E-state index contributed by atoms with van der Waals surface area (Å²) in [5.41, 5.74) is 0. The molecular weight excluding hydrogens is 262 g/mol. The number of aliphatic hydroxyl groups excluding tert-OH is 1. The molecule has 7 heteroatoms. The molecule has 1 fully saturated rings. The number of unbranched alkanes of at least 4 members (excludes halogenated alkanes) is 1. The molecule has 0 aromatic heterocycles. The topological polar surface area (TPSA) is 111 Å². The second-order valence-corrected chi connectivity index (χ2v) is 5.17. The number of carboxylic acid groups (broad SMARTS) is 1. The summed E-state index contributed by atoms with van der Waals surface area (Å²) >= 11 is 0. The van der Waals surface area contributed by atoms with E-state index in [-0.39, 0.29) is 11.9 Å². The number of aliphatic hydroxyl groups is 1. The second kappa shape index (κ2) is 8.76. The Balaban J connectivity index is 2.56. The summed E-state index contributed by atoms with van der Waals surface area (Å²) in [5, 5.41) is 26.8. The van der Waals surface area contributed by atoms with E-state index in [0.717, 1.165) is 25.8 Å². The van der Waals surface area contributed by atoms with Crippen LogP contribution in [0.4, 0.5) is 4.79 Å². The van der Waals surface area contributed by atoms with Crippen molar-refractivity contribution < 1.29 is 19.8 Å². The quantitative estimate of drug-likeness (QED) is 0.474. The van der Waals surface area contributed by atoms with Crippen molar-refractivity contribution in [3.8, 4) is 0 Å². The molecule has 1 saturated heterocycles. The predicted molar refractivity (Wildman–Crippen MR) is 74.5 cm³/mol. The second-order valence-electron chi connectivity index (χ2n) is 5.17. The number of amides is 2. The number of rotatable bonds is 6. The number of carbonyl (C=O) groups is 2. The Labute approximate surface area is 119 Å². The summed E-state index contributed by atoms with van der Waals surface area (Å²) in [5.74, 6) is -0.355. The van der Waals surface area contributed by atoms with Gasteiger partial charge in [0, 0.05) is 6.54 Å². The summed E-state index contributed by atoms with van der Waals surface area (Å²) in [6.07, 6.45) is 1.84. The first-order chi connectivity index (χ1) is 9.54. The molecule has 1 aliphatic rings. The van der Waals surface area contributed by atoms with E-state index in [2.05, 4.69) is 16.0 Å². The maximum absolute atomic E-state index is 12.1. The molecule has 0 spiro atoms. The molecule has 1 heterocycles. The maximum Gasteiger partial charge on any atom is 0.405 e. The van der Waals surface area contributed by atoms with Gasteiger partial charge in [-0.3, -0.25) is 4.79 Å². The summed E-state index contributed by atoms with van der Waals surface area (Å²) in [6, 6.07) is -1.08. The normalized spacial score (nSPS) is 24.5. The van der Waals surface area contributed by atoms with E-state index in [4.69, 9.17) is 5.11 Å². The Hall–Kier alpha value is -1.34. The van der Waals surface area contributed by atoms with E-state index >= 15 is 0 Å². The molecule has 116 valence electrons. The third kappa shape index (κ3) is 5.75. The molecule has 0 aromatic carbocycles. The summed E-state index contributed by atoms with van der Waals surface area (Å²) in [4.78, 5) is 22.9. The zero-order valence-electron chi connectivity index (χ0n) is 11.9. The van der Waals surface area contributed by atoms with Gasteiger partial charge in [0.25, 0.3) is 0 Å². The average Bonchev–Trinajstić information content (AvgIpc) is 2.59. The average molecular weight is 287 g/mol. The van der Waals surface area contributed by atoms with Gasteiger partial charge in [0.1, 0.15) is 6.04 Å². The van der Waals surface area contributed by atoms with Crippen molar-refractivity contribution in [3.63, 3.8) is 0 Å². The van der Waals surface area contributed by atoms with Gasteiger partial charge < -0.3 is 26.2 Å². The van der Waals surface area contributed by atoms with Gasteiger partial charge in [-0.1, -0.05) is 19.8 Å². The van der Waals surface area contributed by atoms with E-state index in [1.165, 1.54) is 0 Å². The number of nitrogens with one attached hydrogen (secondary N) is 3. The molecule has 2 amide bonds. The molecule has 0 radical (unpaired) electrons. The van der Waals surface area contributed by atoms with Crippen molar-refractivity contribution in [1.82, 2.24) is 16.0 Å². The Morgan fingerprint density at radius 3 is 2.85 bits per heavy atom. The highest BCUT2D eigenvalue weighted by Crippen LogP contribution is 2.08. The van der Waals surface area contributed by atoms with Gasteiger partial charge in [-0.2, -0.15) is 0 Å². The van der Waals surface area contributed by atoms with Crippen LogP contribution in [0.15, 0.2) is 0 Å². The number of hydrogen-bond acceptors (Lipinski definition) is 4. The molecule has 2 unspecified atom stereocenters. The molecule has 20 heavy (non-hydrogen) atoms. The molecule has 1 rings (SSSR count). The Bertz CT molecular complexity index is 325. The van der Waals surface area contributed by atoms with E-state index in [1.54, 1.807) is 0 Å². The highest BCUT2D eigenvalue weighted by Gasteiger charge is 2.27. The summed E-state index contributed by atoms with van der Waals surface area (Å²) < 4.78 is 0. The highest BCUT2D eigenvalue weighted by molar-refractivity contribution is 5.85. The van der Waals surface area contributed by atoms with Gasteiger partial charge in [0.2, 0.25) is 5.91 Å². The molecule has 1 aliphatic heterocycles. The number of β-amino-alcohol motifs (C(OH)–C–C–N with tert-alkyl or cyclic N) is 1. The minimum Gasteiger partial charge on any atom is -0.465 e. The lowest BCUT2D eigenvalue weighted by molar-refractivity contribution is -0.124. The van der Waals surface area contributed by atoms with Crippen molar-refractivity contribution in [1.29, 1.82) is 0 Å². The van der Waals surface area contributed by atoms with Crippen molar-refractivity contribution in [2.24, 2.45) is 0 Å². The van der Waals surface area contributed by atoms with Gasteiger partial charge in [0.15, 0.2) is 0 Å². The SMILES string of the molecule is CCCC[C@H](NC(=O)O)C(=O)NC1CCCNCC1O. The predicted octanol–water partition coefficient (Wildman–Crippen LogP) is 0.0419. The molecule has 0 saturated carbocycles. The molecular formula is C13H25N3O4. The van der Waals surface area contributed by atoms with Crippen molar-refractivity contribution in [2.75, 3.05) is 13.1 Å². The van der Waals surface area contributed by atoms with Crippen LogP contribution in [-0.2, 0) is 4.79 Å². The van der Waals surface area contributed by atoms with Crippen LogP contribution in [-0.4, -0.2) is 53.5 Å². The zero-order chi connectivity index (χ0) is 15.0. The third-order valence-corrected chi connectivity index (χ3v) is 3.47. The van der Waals surface area contributed by atoms with E-state index in [0.29, 0.717) is 19.4 Å². The van der Waals surface area contributed by atoms with Gasteiger partial charge >= 0.3 is 6.09 Å². The molecule has 0 bridgehead atoms. The van der Waals surface area contributed by atoms with E-state index < -0.39 is 18.2 Å². The van der Waals surface area contributed by atoms with Crippen LogP contribution in [0.2, 0.25) is 0 Å². The monoisotopic (exact) mass is 287 g/mol. The van der Waals surface area contributed by atoms with Gasteiger partial charge in [-0.05, 0) is 25.8 Å². The van der Waals surface area contributed by atoms with Crippen molar-refractivity contribution in [3.05, 3.63) is 0 Å². The minimum absolute atomic E-state index is 0.322. The fourth-order valence-electron chi connectivity index (χ4n) is 2.31. The minimum atomic E-state index is -1.20.